The van der Waals surface area contributed by atoms with Gasteiger partial charge in [0.2, 0.25) is 0 Å². The summed E-state index contributed by atoms with van der Waals surface area (Å²) in [5.41, 5.74) is 1.74. The molecule has 0 aliphatic heterocycles. The maximum absolute atomic E-state index is 14.5. The van der Waals surface area contributed by atoms with E-state index in [9.17, 15) is 18.0 Å². The number of aryl methyl sites for hydroxylation is 1. The van der Waals surface area contributed by atoms with E-state index in [0.29, 0.717) is 22.4 Å². The van der Waals surface area contributed by atoms with Gasteiger partial charge in [0.25, 0.3) is 12.3 Å². The lowest BCUT2D eigenvalue weighted by Crippen LogP contribution is -2.29. The zero-order chi connectivity index (χ0) is 22.1. The van der Waals surface area contributed by atoms with Crippen LogP contribution in [0.15, 0.2) is 60.9 Å². The van der Waals surface area contributed by atoms with Crippen LogP contribution < -0.4 is 5.32 Å². The molecule has 4 aromatic rings. The van der Waals surface area contributed by atoms with E-state index in [4.69, 9.17) is 0 Å². The van der Waals surface area contributed by atoms with E-state index in [2.05, 4.69) is 15.3 Å². The molecule has 4 rings (SSSR count). The zero-order valence-electron chi connectivity index (χ0n) is 16.8. The third-order valence-electron chi connectivity index (χ3n) is 5.21. The second-order valence-corrected chi connectivity index (χ2v) is 7.16. The molecule has 0 radical (unpaired) electrons. The molecule has 0 unspecified atom stereocenters. The van der Waals surface area contributed by atoms with Gasteiger partial charge >= 0.3 is 0 Å². The number of amides is 1. The number of fused-ring (bicyclic) bond motifs is 1. The molecule has 31 heavy (non-hydrogen) atoms. The number of carbonyl (C=O) groups excluding carboxylic acids is 1. The quantitative estimate of drug-likeness (QED) is 0.479. The number of hydrogen-bond acceptors (Lipinski definition) is 3. The lowest BCUT2D eigenvalue weighted by molar-refractivity contribution is 0.0931. The van der Waals surface area contributed by atoms with E-state index in [-0.39, 0.29) is 5.56 Å². The van der Waals surface area contributed by atoms with Gasteiger partial charge in [-0.3, -0.25) is 4.79 Å². The van der Waals surface area contributed by atoms with Crippen LogP contribution in [0.2, 0.25) is 0 Å². The van der Waals surface area contributed by atoms with Gasteiger partial charge in [-0.1, -0.05) is 48.5 Å². The van der Waals surface area contributed by atoms with E-state index in [1.165, 1.54) is 18.5 Å². The molecule has 0 aliphatic carbocycles. The monoisotopic (exact) mass is 424 g/mol. The van der Waals surface area contributed by atoms with E-state index >= 15 is 0 Å². The number of hydrogen-bond donors (Lipinski definition) is 1. The summed E-state index contributed by atoms with van der Waals surface area (Å²) in [5.74, 6) is -1.49. The van der Waals surface area contributed by atoms with E-state index in [1.807, 2.05) is 30.3 Å². The number of benzene rings is 2. The third kappa shape index (κ3) is 3.76. The summed E-state index contributed by atoms with van der Waals surface area (Å²) in [6.45, 7) is 1.55. The Bertz CT molecular complexity index is 1250. The highest BCUT2D eigenvalue weighted by Crippen LogP contribution is 2.29. The first-order valence-electron chi connectivity index (χ1n) is 9.61. The van der Waals surface area contributed by atoms with Gasteiger partial charge in [-0.2, -0.15) is 0 Å². The van der Waals surface area contributed by atoms with Crippen LogP contribution in [0.5, 0.6) is 0 Å². The molecule has 1 atom stereocenters. The third-order valence-corrected chi connectivity index (χ3v) is 5.21. The van der Waals surface area contributed by atoms with Crippen molar-refractivity contribution in [3.63, 3.8) is 0 Å². The summed E-state index contributed by atoms with van der Waals surface area (Å²) >= 11 is 0. The minimum Gasteiger partial charge on any atom is -0.344 e. The van der Waals surface area contributed by atoms with Crippen LogP contribution in [0, 0.1) is 5.82 Å². The van der Waals surface area contributed by atoms with Crippen molar-refractivity contribution in [1.82, 2.24) is 19.9 Å². The highest BCUT2D eigenvalue weighted by atomic mass is 19.3. The molecule has 0 aliphatic rings. The molecule has 0 fully saturated rings. The number of aromatic nitrogens is 3. The Labute approximate surface area is 176 Å². The first kappa shape index (κ1) is 20.6. The lowest BCUT2D eigenvalue weighted by Gasteiger charge is -2.17. The van der Waals surface area contributed by atoms with Crippen LogP contribution in [-0.2, 0) is 7.05 Å². The van der Waals surface area contributed by atoms with Gasteiger partial charge in [0.1, 0.15) is 23.5 Å². The van der Waals surface area contributed by atoms with Crippen LogP contribution in [0.3, 0.4) is 0 Å². The van der Waals surface area contributed by atoms with Crippen LogP contribution in [0.1, 0.15) is 41.0 Å². The molecule has 2 aromatic carbocycles. The maximum atomic E-state index is 14.5. The molecule has 158 valence electrons. The largest absolute Gasteiger partial charge is 0.344 e. The van der Waals surface area contributed by atoms with Gasteiger partial charge in [0.05, 0.1) is 17.3 Å². The molecule has 0 saturated heterocycles. The predicted molar refractivity (Wildman–Crippen MR) is 111 cm³/mol. The Kier molecular flexibility index (Phi) is 5.46. The van der Waals surface area contributed by atoms with Crippen molar-refractivity contribution in [3.8, 4) is 11.3 Å². The number of halogens is 3. The Hall–Kier alpha value is -3.68. The molecular weight excluding hydrogens is 405 g/mol. The van der Waals surface area contributed by atoms with Gasteiger partial charge in [-0.05, 0) is 13.0 Å². The highest BCUT2D eigenvalue weighted by molar-refractivity contribution is 6.01. The maximum Gasteiger partial charge on any atom is 0.268 e. The second-order valence-electron chi connectivity index (χ2n) is 7.16. The Morgan fingerprint density at radius 1 is 1.03 bits per heavy atom. The van der Waals surface area contributed by atoms with Crippen molar-refractivity contribution >= 4 is 16.9 Å². The molecule has 0 bridgehead atoms. The van der Waals surface area contributed by atoms with Gasteiger partial charge < -0.3 is 9.88 Å². The molecule has 8 heteroatoms. The molecule has 2 heterocycles. The van der Waals surface area contributed by atoms with Crippen molar-refractivity contribution < 1.29 is 18.0 Å². The Morgan fingerprint density at radius 3 is 2.45 bits per heavy atom. The normalized spacial score (nSPS) is 12.3. The van der Waals surface area contributed by atoms with Gasteiger partial charge in [-0.15, -0.1) is 0 Å². The summed E-state index contributed by atoms with van der Waals surface area (Å²) in [5, 5.41) is 3.38. The van der Waals surface area contributed by atoms with Gasteiger partial charge in [0, 0.05) is 23.6 Å². The van der Waals surface area contributed by atoms with Crippen molar-refractivity contribution in [2.45, 2.75) is 19.4 Å². The standard InChI is InChI=1S/C23H19F3N4O/c1-13(15-9-6-10-16(19(15)24)21(25)26)29-23(31)18-11-17-20(14-7-4-3-5-8-14)27-12-28-22(17)30(18)2/h3-13,21H,1-2H3,(H,29,31)/t13-/m1/s1. The Morgan fingerprint density at radius 2 is 1.74 bits per heavy atom. The van der Waals surface area contributed by atoms with Crippen LogP contribution in [0.4, 0.5) is 13.2 Å². The average Bonchev–Trinajstić information content (AvgIpc) is 3.11. The van der Waals surface area contributed by atoms with Crippen molar-refractivity contribution in [3.05, 3.63) is 83.6 Å². The smallest absolute Gasteiger partial charge is 0.268 e. The fraction of sp³-hybridized carbons (Fsp3) is 0.174. The summed E-state index contributed by atoms with van der Waals surface area (Å²) in [7, 11) is 1.70. The minimum atomic E-state index is -2.93. The minimum absolute atomic E-state index is 0.00493. The van der Waals surface area contributed by atoms with E-state index in [0.717, 1.165) is 11.6 Å². The SMILES string of the molecule is C[C@@H](NC(=O)c1cc2c(-c3ccccc3)ncnc2n1C)c1cccc(C(F)F)c1F. The van der Waals surface area contributed by atoms with Gasteiger partial charge in [0.15, 0.2) is 0 Å². The predicted octanol–water partition coefficient (Wildman–Crippen LogP) is 5.20. The fourth-order valence-corrected chi connectivity index (χ4v) is 3.60. The van der Waals surface area contributed by atoms with Crippen molar-refractivity contribution in [1.29, 1.82) is 0 Å². The second kappa shape index (κ2) is 8.22. The number of alkyl halides is 2. The molecule has 2 aromatic heterocycles. The summed E-state index contributed by atoms with van der Waals surface area (Å²) in [6, 6.07) is 14.1. The number of carbonyl (C=O) groups is 1. The first-order valence-corrected chi connectivity index (χ1v) is 9.61. The molecular formula is C23H19F3N4O. The first-order chi connectivity index (χ1) is 14.9. The summed E-state index contributed by atoms with van der Waals surface area (Å²) < 4.78 is 42.1. The lowest BCUT2D eigenvalue weighted by atomic mass is 10.0. The topological polar surface area (TPSA) is 59.8 Å². The van der Waals surface area contributed by atoms with Gasteiger partial charge in [-0.25, -0.2) is 23.1 Å². The van der Waals surface area contributed by atoms with Crippen LogP contribution in [0.25, 0.3) is 22.3 Å². The van der Waals surface area contributed by atoms with Crippen LogP contribution >= 0.6 is 0 Å². The average molecular weight is 424 g/mol. The zero-order valence-corrected chi connectivity index (χ0v) is 16.8. The van der Waals surface area contributed by atoms with Crippen LogP contribution in [-0.4, -0.2) is 20.4 Å². The van der Waals surface area contributed by atoms with Crippen molar-refractivity contribution in [2.75, 3.05) is 0 Å². The highest BCUT2D eigenvalue weighted by Gasteiger charge is 2.23. The number of rotatable bonds is 5. The van der Waals surface area contributed by atoms with Crippen molar-refractivity contribution in [2.24, 2.45) is 7.05 Å². The number of nitrogens with one attached hydrogen (secondary N) is 1. The molecule has 1 N–H and O–H groups in total. The molecule has 5 nitrogen and oxygen atoms in total. The molecule has 1 amide bonds. The fourth-order valence-electron chi connectivity index (χ4n) is 3.60. The molecule has 0 spiro atoms. The van der Waals surface area contributed by atoms with E-state index < -0.39 is 29.8 Å². The number of nitrogens with zero attached hydrogens (tertiary/aromatic N) is 3. The summed E-state index contributed by atoms with van der Waals surface area (Å²) in [6.07, 6.45) is -1.50. The Balaban J connectivity index is 1.68. The molecule has 0 saturated carbocycles. The summed E-state index contributed by atoms with van der Waals surface area (Å²) in [4.78, 5) is 21.6. The van der Waals surface area contributed by atoms with E-state index in [1.54, 1.807) is 24.6 Å².